The van der Waals surface area contributed by atoms with Gasteiger partial charge >= 0.3 is 12.3 Å². The zero-order valence-electron chi connectivity index (χ0n) is 12.2. The molecule has 1 aliphatic heterocycles. The third kappa shape index (κ3) is 5.11. The number of nitrogens with zero attached hydrogens (tertiary/aromatic N) is 2. The Bertz CT molecular complexity index is 551. The molecule has 1 fully saturated rings. The van der Waals surface area contributed by atoms with Crippen LogP contribution in [0.1, 0.15) is 18.4 Å². The largest absolute Gasteiger partial charge is 0.440 e. The van der Waals surface area contributed by atoms with Crippen LogP contribution in [-0.4, -0.2) is 47.3 Å². The van der Waals surface area contributed by atoms with E-state index in [4.69, 9.17) is 0 Å². The number of pyridine rings is 1. The highest BCUT2D eigenvalue weighted by Crippen LogP contribution is 2.20. The molecule has 2 rings (SSSR count). The van der Waals surface area contributed by atoms with E-state index in [1.54, 1.807) is 24.5 Å². The number of ether oxygens (including phenoxy) is 1. The third-order valence-corrected chi connectivity index (χ3v) is 3.34. The first-order valence-electron chi connectivity index (χ1n) is 7.03. The Labute approximate surface area is 130 Å². The Morgan fingerprint density at radius 2 is 2.22 bits per heavy atom. The monoisotopic (exact) mass is 331 g/mol. The van der Waals surface area contributed by atoms with Gasteiger partial charge in [0.2, 0.25) is 5.91 Å². The highest BCUT2D eigenvalue weighted by molar-refractivity contribution is 5.86. The van der Waals surface area contributed by atoms with Crippen molar-refractivity contribution in [2.45, 2.75) is 31.6 Å². The van der Waals surface area contributed by atoms with Gasteiger partial charge in [-0.25, -0.2) is 4.79 Å². The fourth-order valence-corrected chi connectivity index (χ4v) is 2.29. The maximum absolute atomic E-state index is 12.1. The lowest BCUT2D eigenvalue weighted by molar-refractivity contribution is -0.162. The lowest BCUT2D eigenvalue weighted by Gasteiger charge is -2.23. The van der Waals surface area contributed by atoms with Crippen LogP contribution in [0.4, 0.5) is 18.0 Å². The number of aromatic nitrogens is 1. The molecule has 0 saturated carbocycles. The number of likely N-dealkylation sites (tertiary alicyclic amines) is 1. The molecule has 0 unspecified atom stereocenters. The minimum atomic E-state index is -4.59. The van der Waals surface area contributed by atoms with E-state index in [2.05, 4.69) is 15.0 Å². The van der Waals surface area contributed by atoms with Crippen LogP contribution < -0.4 is 5.32 Å². The first-order chi connectivity index (χ1) is 10.9. The molecule has 1 aromatic rings. The normalized spacial score (nSPS) is 17.9. The average molecular weight is 331 g/mol. The molecule has 1 aromatic heterocycles. The molecule has 23 heavy (non-hydrogen) atoms. The van der Waals surface area contributed by atoms with E-state index < -0.39 is 30.8 Å². The van der Waals surface area contributed by atoms with Crippen LogP contribution in [-0.2, 0) is 16.1 Å². The summed E-state index contributed by atoms with van der Waals surface area (Å²) >= 11 is 0. The lowest BCUT2D eigenvalue weighted by Crippen LogP contribution is -2.46. The van der Waals surface area contributed by atoms with E-state index in [0.717, 1.165) is 10.5 Å². The van der Waals surface area contributed by atoms with Crippen molar-refractivity contribution in [2.75, 3.05) is 13.2 Å². The van der Waals surface area contributed by atoms with Gasteiger partial charge in [-0.1, -0.05) is 6.07 Å². The van der Waals surface area contributed by atoms with Gasteiger partial charge in [-0.15, -0.1) is 0 Å². The first kappa shape index (κ1) is 17.0. The van der Waals surface area contributed by atoms with Crippen molar-refractivity contribution >= 4 is 12.0 Å². The van der Waals surface area contributed by atoms with Crippen LogP contribution >= 0.6 is 0 Å². The van der Waals surface area contributed by atoms with Crippen LogP contribution in [0.15, 0.2) is 24.5 Å². The fourth-order valence-electron chi connectivity index (χ4n) is 2.29. The van der Waals surface area contributed by atoms with Crippen LogP contribution in [0, 0.1) is 0 Å². The summed E-state index contributed by atoms with van der Waals surface area (Å²) in [4.78, 5) is 28.8. The zero-order chi connectivity index (χ0) is 16.9. The van der Waals surface area contributed by atoms with Crippen molar-refractivity contribution in [3.05, 3.63) is 30.1 Å². The molecule has 0 bridgehead atoms. The number of hydrogen-bond donors (Lipinski definition) is 1. The summed E-state index contributed by atoms with van der Waals surface area (Å²) in [6, 6.07) is 2.68. The first-order valence-corrected chi connectivity index (χ1v) is 7.03. The summed E-state index contributed by atoms with van der Waals surface area (Å²) < 4.78 is 40.5. The number of rotatable bonds is 4. The number of amides is 2. The quantitative estimate of drug-likeness (QED) is 0.914. The molecule has 0 aromatic carbocycles. The number of carbonyl (C=O) groups is 2. The van der Waals surface area contributed by atoms with Crippen LogP contribution in [0.25, 0.3) is 0 Å². The highest BCUT2D eigenvalue weighted by atomic mass is 19.4. The van der Waals surface area contributed by atoms with Gasteiger partial charge in [0, 0.05) is 25.5 Å². The zero-order valence-corrected chi connectivity index (χ0v) is 12.2. The molecule has 2 amide bonds. The van der Waals surface area contributed by atoms with E-state index in [9.17, 15) is 22.8 Å². The minimum Gasteiger partial charge on any atom is -0.440 e. The van der Waals surface area contributed by atoms with E-state index >= 15 is 0 Å². The summed E-state index contributed by atoms with van der Waals surface area (Å²) in [5.41, 5.74) is 0.782. The summed E-state index contributed by atoms with van der Waals surface area (Å²) in [6.45, 7) is -1.23. The van der Waals surface area contributed by atoms with Gasteiger partial charge in [0.15, 0.2) is 6.61 Å². The Hall–Kier alpha value is -2.32. The average Bonchev–Trinajstić information content (AvgIpc) is 3.00. The Morgan fingerprint density at radius 1 is 1.43 bits per heavy atom. The van der Waals surface area contributed by atoms with E-state index in [1.807, 2.05) is 0 Å². The van der Waals surface area contributed by atoms with Gasteiger partial charge in [0.05, 0.1) is 0 Å². The molecule has 2 heterocycles. The molecular formula is C14H16F3N3O3. The van der Waals surface area contributed by atoms with E-state index in [0.29, 0.717) is 12.8 Å². The number of alkyl halides is 3. The molecular weight excluding hydrogens is 315 g/mol. The van der Waals surface area contributed by atoms with Crippen LogP contribution in [0.2, 0.25) is 0 Å². The molecule has 0 aliphatic carbocycles. The van der Waals surface area contributed by atoms with Crippen molar-refractivity contribution in [2.24, 2.45) is 0 Å². The number of carbonyl (C=O) groups excluding carboxylic acids is 2. The molecule has 9 heteroatoms. The number of hydrogen-bond acceptors (Lipinski definition) is 4. The number of halogens is 3. The highest BCUT2D eigenvalue weighted by Gasteiger charge is 2.37. The Kier molecular flexibility index (Phi) is 5.41. The van der Waals surface area contributed by atoms with E-state index in [-0.39, 0.29) is 13.1 Å². The maximum atomic E-state index is 12.1. The smallest absolute Gasteiger partial charge is 0.422 e. The molecule has 6 nitrogen and oxygen atoms in total. The summed E-state index contributed by atoms with van der Waals surface area (Å²) in [6.07, 6.45) is -1.61. The molecule has 1 N–H and O–H groups in total. The molecule has 1 aliphatic rings. The summed E-state index contributed by atoms with van der Waals surface area (Å²) in [5.74, 6) is -0.421. The van der Waals surface area contributed by atoms with Crippen molar-refractivity contribution in [3.8, 4) is 0 Å². The molecule has 1 saturated heterocycles. The second-order valence-electron chi connectivity index (χ2n) is 5.10. The van der Waals surface area contributed by atoms with E-state index in [1.165, 1.54) is 0 Å². The SMILES string of the molecule is O=C(NCc1cccnc1)[C@@H]1CCCN1C(=O)OCC(F)(F)F. The standard InChI is InChI=1S/C14H16F3N3O3/c15-14(16,17)9-23-13(22)20-6-2-4-11(20)12(21)19-8-10-3-1-5-18-7-10/h1,3,5,7,11H,2,4,6,8-9H2,(H,19,21)/t11-/m0/s1. The second kappa shape index (κ2) is 7.30. The molecule has 0 spiro atoms. The predicted molar refractivity (Wildman–Crippen MR) is 73.2 cm³/mol. The van der Waals surface area contributed by atoms with Crippen molar-refractivity contribution in [1.82, 2.24) is 15.2 Å². The molecule has 126 valence electrons. The topological polar surface area (TPSA) is 71.5 Å². The van der Waals surface area contributed by atoms with Crippen molar-refractivity contribution in [1.29, 1.82) is 0 Å². The Balaban J connectivity index is 1.87. The molecule has 1 atom stereocenters. The summed E-state index contributed by atoms with van der Waals surface area (Å²) in [7, 11) is 0. The van der Waals surface area contributed by atoms with Gasteiger partial charge in [-0.05, 0) is 24.5 Å². The second-order valence-corrected chi connectivity index (χ2v) is 5.10. The minimum absolute atomic E-state index is 0.196. The molecule has 0 radical (unpaired) electrons. The fraction of sp³-hybridized carbons (Fsp3) is 0.500. The predicted octanol–water partition coefficient (Wildman–Crippen LogP) is 1.86. The van der Waals surface area contributed by atoms with Gasteiger partial charge in [0.1, 0.15) is 6.04 Å². The van der Waals surface area contributed by atoms with Crippen LogP contribution in [0.3, 0.4) is 0 Å². The van der Waals surface area contributed by atoms with Gasteiger partial charge < -0.3 is 10.1 Å². The van der Waals surface area contributed by atoms with Crippen molar-refractivity contribution < 1.29 is 27.5 Å². The summed E-state index contributed by atoms with van der Waals surface area (Å²) in [5, 5.41) is 2.65. The number of nitrogens with one attached hydrogen (secondary N) is 1. The third-order valence-electron chi connectivity index (χ3n) is 3.34. The lowest BCUT2D eigenvalue weighted by atomic mass is 10.2. The van der Waals surface area contributed by atoms with Crippen molar-refractivity contribution in [3.63, 3.8) is 0 Å². The van der Waals surface area contributed by atoms with Crippen LogP contribution in [0.5, 0.6) is 0 Å². The van der Waals surface area contributed by atoms with Gasteiger partial charge in [-0.2, -0.15) is 13.2 Å². The van der Waals surface area contributed by atoms with Gasteiger partial charge in [0.25, 0.3) is 0 Å². The Morgan fingerprint density at radius 3 is 2.87 bits per heavy atom. The maximum Gasteiger partial charge on any atom is 0.422 e. The van der Waals surface area contributed by atoms with Gasteiger partial charge in [-0.3, -0.25) is 14.7 Å².